The van der Waals surface area contributed by atoms with Gasteiger partial charge in [-0.1, -0.05) is 179 Å². The van der Waals surface area contributed by atoms with Gasteiger partial charge in [-0.3, -0.25) is 0 Å². The Morgan fingerprint density at radius 1 is 0.391 bits per heavy atom. The van der Waals surface area contributed by atoms with Crippen molar-refractivity contribution in [3.63, 3.8) is 0 Å². The maximum absolute atomic E-state index is 2.51. The van der Waals surface area contributed by atoms with Crippen LogP contribution in [-0.4, -0.2) is 4.57 Å². The van der Waals surface area contributed by atoms with Gasteiger partial charge in [0.25, 0.3) is 0 Å². The molecular weight excluding hydrogens is 773 g/mol. The minimum absolute atomic E-state index is 0.0388. The topological polar surface area (TPSA) is 8.17 Å². The molecule has 0 amide bonds. The predicted molar refractivity (Wildman–Crippen MR) is 271 cm³/mol. The summed E-state index contributed by atoms with van der Waals surface area (Å²) in [7, 11) is 0. The Balaban J connectivity index is 0.881. The fraction of sp³-hybridized carbons (Fsp3) is 0.0968. The minimum Gasteiger partial charge on any atom is -0.311 e. The molecule has 0 unspecified atom stereocenters. The van der Waals surface area contributed by atoms with E-state index in [4.69, 9.17) is 0 Å². The summed E-state index contributed by atoms with van der Waals surface area (Å²) in [5.41, 5.74) is 22.6. The number of anilines is 3. The standard InChI is InChI=1S/C62H48N2/c1-61(2)55-21-13-11-19-49(55)50-35-29-43(39-56(50)61)44-30-36-51-53-37-38-54-52-20-12-14-22-58(52)64(60(54)59(53)62(3,4)57(51)40-44)48-33-27-42(28-34-48)24-23-41-25-31-47(32-26-41)63(45-15-7-5-8-16-45)46-17-9-6-10-18-46/h5-40H,1-4H3/b24-23+. The van der Waals surface area contributed by atoms with E-state index in [1.807, 2.05) is 0 Å². The first-order valence-corrected chi connectivity index (χ1v) is 22.5. The predicted octanol–water partition coefficient (Wildman–Crippen LogP) is 16.7. The normalized spacial score (nSPS) is 14.1. The maximum atomic E-state index is 2.51. The van der Waals surface area contributed by atoms with Crippen LogP contribution in [0.15, 0.2) is 206 Å². The number of hydrogen-bond donors (Lipinski definition) is 0. The second-order valence-corrected chi connectivity index (χ2v) is 18.6. The number of para-hydroxylation sites is 3. The van der Waals surface area contributed by atoms with Crippen LogP contribution in [0.25, 0.3) is 73.0 Å². The molecule has 9 aromatic carbocycles. The monoisotopic (exact) mass is 820 g/mol. The average Bonchev–Trinajstić information content (AvgIpc) is 3.88. The number of nitrogens with zero attached hydrogens (tertiary/aromatic N) is 2. The molecule has 0 fully saturated rings. The summed E-state index contributed by atoms with van der Waals surface area (Å²) >= 11 is 0. The van der Waals surface area contributed by atoms with Crippen molar-refractivity contribution in [3.8, 4) is 39.1 Å². The van der Waals surface area contributed by atoms with Crippen LogP contribution in [0.5, 0.6) is 0 Å². The number of hydrogen-bond acceptors (Lipinski definition) is 1. The van der Waals surface area contributed by atoms with Crippen LogP contribution in [-0.2, 0) is 10.8 Å². The van der Waals surface area contributed by atoms with Crippen molar-refractivity contribution < 1.29 is 0 Å². The van der Waals surface area contributed by atoms with E-state index in [1.165, 1.54) is 77.4 Å². The van der Waals surface area contributed by atoms with E-state index in [-0.39, 0.29) is 10.8 Å². The van der Waals surface area contributed by atoms with Gasteiger partial charge in [-0.2, -0.15) is 0 Å². The summed E-state index contributed by atoms with van der Waals surface area (Å²) in [5, 5.41) is 2.57. The third-order valence-corrected chi connectivity index (χ3v) is 14.2. The molecule has 0 saturated heterocycles. The lowest BCUT2D eigenvalue weighted by atomic mass is 9.80. The molecule has 2 aliphatic carbocycles. The summed E-state index contributed by atoms with van der Waals surface area (Å²) < 4.78 is 2.51. The fourth-order valence-corrected chi connectivity index (χ4v) is 10.9. The number of rotatable bonds is 7. The van der Waals surface area contributed by atoms with E-state index >= 15 is 0 Å². The Morgan fingerprint density at radius 3 is 1.55 bits per heavy atom. The van der Waals surface area contributed by atoms with Gasteiger partial charge in [-0.15, -0.1) is 0 Å². The summed E-state index contributed by atoms with van der Waals surface area (Å²) in [4.78, 5) is 2.29. The molecule has 1 heterocycles. The molecule has 10 aromatic rings. The van der Waals surface area contributed by atoms with Gasteiger partial charge in [0, 0.05) is 44.4 Å². The Hall–Kier alpha value is -7.68. The molecule has 1 aromatic heterocycles. The Bertz CT molecular complexity index is 3420. The molecule has 2 aliphatic rings. The van der Waals surface area contributed by atoms with Crippen molar-refractivity contribution in [2.75, 3.05) is 4.90 Å². The quantitative estimate of drug-likeness (QED) is 0.145. The van der Waals surface area contributed by atoms with Gasteiger partial charge in [-0.25, -0.2) is 0 Å². The van der Waals surface area contributed by atoms with E-state index in [9.17, 15) is 0 Å². The Kier molecular flexibility index (Phi) is 8.58. The molecule has 306 valence electrons. The summed E-state index contributed by atoms with van der Waals surface area (Å²) in [6, 6.07) is 75.8. The average molecular weight is 821 g/mol. The van der Waals surface area contributed by atoms with Crippen molar-refractivity contribution in [2.24, 2.45) is 0 Å². The van der Waals surface area contributed by atoms with Gasteiger partial charge in [0.15, 0.2) is 0 Å². The van der Waals surface area contributed by atoms with Crippen molar-refractivity contribution >= 4 is 51.0 Å². The Labute approximate surface area is 376 Å². The van der Waals surface area contributed by atoms with Crippen LogP contribution in [0.2, 0.25) is 0 Å². The van der Waals surface area contributed by atoms with Crippen molar-refractivity contribution in [1.82, 2.24) is 4.57 Å². The Morgan fingerprint density at radius 2 is 0.891 bits per heavy atom. The lowest BCUT2D eigenvalue weighted by molar-refractivity contribution is 0.660. The molecule has 0 N–H and O–H groups in total. The van der Waals surface area contributed by atoms with Crippen molar-refractivity contribution in [3.05, 3.63) is 240 Å². The zero-order valence-electron chi connectivity index (χ0n) is 36.7. The van der Waals surface area contributed by atoms with Gasteiger partial charge >= 0.3 is 0 Å². The number of benzene rings is 9. The first-order valence-electron chi connectivity index (χ1n) is 22.5. The molecule has 2 nitrogen and oxygen atoms in total. The van der Waals surface area contributed by atoms with Gasteiger partial charge in [0.05, 0.1) is 11.0 Å². The second kappa shape index (κ2) is 14.4. The number of fused-ring (bicyclic) bond motifs is 10. The van der Waals surface area contributed by atoms with E-state index in [1.54, 1.807) is 0 Å². The minimum atomic E-state index is -0.226. The van der Waals surface area contributed by atoms with Crippen molar-refractivity contribution in [1.29, 1.82) is 0 Å². The highest BCUT2D eigenvalue weighted by molar-refractivity contribution is 6.13. The molecule has 0 atom stereocenters. The zero-order chi connectivity index (χ0) is 43.2. The summed E-state index contributed by atoms with van der Waals surface area (Å²) in [6.07, 6.45) is 4.42. The molecule has 0 radical (unpaired) electrons. The van der Waals surface area contributed by atoms with Gasteiger partial charge in [-0.05, 0) is 133 Å². The van der Waals surface area contributed by atoms with Crippen LogP contribution in [0, 0.1) is 0 Å². The lowest BCUT2D eigenvalue weighted by Crippen LogP contribution is -2.17. The molecule has 12 rings (SSSR count). The smallest absolute Gasteiger partial charge is 0.0588 e. The molecule has 2 heteroatoms. The molecule has 64 heavy (non-hydrogen) atoms. The highest BCUT2D eigenvalue weighted by Gasteiger charge is 2.39. The maximum Gasteiger partial charge on any atom is 0.0588 e. The first-order chi connectivity index (χ1) is 31.3. The van der Waals surface area contributed by atoms with E-state index in [2.05, 4.69) is 256 Å². The van der Waals surface area contributed by atoms with E-state index in [0.717, 1.165) is 33.9 Å². The van der Waals surface area contributed by atoms with Gasteiger partial charge in [0.1, 0.15) is 0 Å². The van der Waals surface area contributed by atoms with Crippen LogP contribution in [0.4, 0.5) is 17.1 Å². The third kappa shape index (κ3) is 5.86. The van der Waals surface area contributed by atoms with Gasteiger partial charge < -0.3 is 9.47 Å². The van der Waals surface area contributed by atoms with Crippen molar-refractivity contribution in [2.45, 2.75) is 38.5 Å². The second-order valence-electron chi connectivity index (χ2n) is 18.6. The molecule has 0 spiro atoms. The number of aromatic nitrogens is 1. The van der Waals surface area contributed by atoms with Crippen LogP contribution in [0.3, 0.4) is 0 Å². The highest BCUT2D eigenvalue weighted by atomic mass is 15.1. The van der Waals surface area contributed by atoms with E-state index < -0.39 is 0 Å². The fourth-order valence-electron chi connectivity index (χ4n) is 10.9. The van der Waals surface area contributed by atoms with Crippen LogP contribution >= 0.6 is 0 Å². The highest BCUT2D eigenvalue weighted by Crippen LogP contribution is 2.55. The largest absolute Gasteiger partial charge is 0.311 e. The zero-order valence-corrected chi connectivity index (χ0v) is 36.7. The van der Waals surface area contributed by atoms with Crippen LogP contribution in [0.1, 0.15) is 61.1 Å². The first kappa shape index (κ1) is 38.0. The van der Waals surface area contributed by atoms with Gasteiger partial charge in [0.2, 0.25) is 0 Å². The summed E-state index contributed by atoms with van der Waals surface area (Å²) in [6.45, 7) is 9.58. The van der Waals surface area contributed by atoms with Crippen LogP contribution < -0.4 is 4.90 Å². The lowest BCUT2D eigenvalue weighted by Gasteiger charge is -2.25. The third-order valence-electron chi connectivity index (χ3n) is 14.2. The van der Waals surface area contributed by atoms with E-state index in [0.29, 0.717) is 0 Å². The molecular formula is C62H48N2. The summed E-state index contributed by atoms with van der Waals surface area (Å²) in [5.74, 6) is 0. The molecule has 0 aliphatic heterocycles. The molecule has 0 saturated carbocycles. The molecule has 0 bridgehead atoms. The SMILES string of the molecule is CC1(C)c2ccccc2-c2ccc(-c3ccc4c(c3)C(C)(C)c3c-4ccc4c5ccccc5n(-c5ccc(/C=C/c6ccc(N(c7ccccc7)c7ccccc7)cc6)cc5)c34)cc21.